The van der Waals surface area contributed by atoms with Crippen molar-refractivity contribution in [3.8, 4) is 0 Å². The van der Waals surface area contributed by atoms with Crippen molar-refractivity contribution in [3.63, 3.8) is 0 Å². The van der Waals surface area contributed by atoms with Crippen LogP contribution in [0.1, 0.15) is 125 Å². The van der Waals surface area contributed by atoms with Gasteiger partial charge in [0.05, 0.1) is 11.4 Å². The highest BCUT2D eigenvalue weighted by Crippen LogP contribution is 2.62. The van der Waals surface area contributed by atoms with Gasteiger partial charge in [0.2, 0.25) is 11.8 Å². The monoisotopic (exact) mass is 848 g/mol. The van der Waals surface area contributed by atoms with Crippen LogP contribution < -0.4 is 16.0 Å². The summed E-state index contributed by atoms with van der Waals surface area (Å²) >= 11 is 3.15. The van der Waals surface area contributed by atoms with E-state index in [1.54, 1.807) is 12.7 Å². The molecule has 2 aromatic rings. The van der Waals surface area contributed by atoms with E-state index >= 15 is 0 Å². The smallest absolute Gasteiger partial charge is 0.226 e. The molecule has 57 heavy (non-hydrogen) atoms. The van der Waals surface area contributed by atoms with Crippen LogP contribution in [0.15, 0.2) is 12.7 Å². The van der Waals surface area contributed by atoms with Crippen molar-refractivity contribution in [2.45, 2.75) is 129 Å². The number of nitrogens with one attached hydrogen (secondary N) is 3. The van der Waals surface area contributed by atoms with Crippen LogP contribution in [-0.4, -0.2) is 85.0 Å². The quantitative estimate of drug-likeness (QED) is 0.165. The van der Waals surface area contributed by atoms with Gasteiger partial charge in [-0.2, -0.15) is 0 Å². The topological polar surface area (TPSA) is 165 Å². The number of amides is 2. The minimum atomic E-state index is 0.144. The average Bonchev–Trinajstić information content (AvgIpc) is 3.16. The third kappa shape index (κ3) is 9.90. The van der Waals surface area contributed by atoms with Gasteiger partial charge in [0, 0.05) is 68.7 Å². The van der Waals surface area contributed by atoms with Crippen LogP contribution in [0.5, 0.6) is 0 Å². The molecule has 8 bridgehead atoms. The van der Waals surface area contributed by atoms with E-state index < -0.39 is 0 Å². The van der Waals surface area contributed by atoms with Crippen LogP contribution in [0, 0.1) is 46.3 Å². The minimum Gasteiger partial charge on any atom is -0.396 e. The summed E-state index contributed by atoms with van der Waals surface area (Å²) in [7, 11) is 0. The predicted octanol–water partition coefficient (Wildman–Crippen LogP) is 6.19. The second-order valence-electron chi connectivity index (χ2n) is 19.4. The number of aromatic nitrogens is 4. The highest BCUT2D eigenvalue weighted by atomic mass is 79.9. The van der Waals surface area contributed by atoms with Crippen molar-refractivity contribution in [2.75, 3.05) is 48.8 Å². The van der Waals surface area contributed by atoms with E-state index in [0.717, 1.165) is 133 Å². The Kier molecular flexibility index (Phi) is 13.3. The van der Waals surface area contributed by atoms with E-state index in [4.69, 9.17) is 10.2 Å². The van der Waals surface area contributed by atoms with Crippen LogP contribution in [-0.2, 0) is 35.5 Å². The summed E-state index contributed by atoms with van der Waals surface area (Å²) in [5.74, 6) is 7.06. The molecule has 12 rings (SSSR count). The second kappa shape index (κ2) is 18.4. The Bertz CT molecular complexity index is 1650. The third-order valence-electron chi connectivity index (χ3n) is 14.8. The number of fused-ring (bicyclic) bond motifs is 2. The molecule has 10 aliphatic rings. The van der Waals surface area contributed by atoms with Gasteiger partial charge in [0.15, 0.2) is 0 Å². The minimum absolute atomic E-state index is 0.144. The van der Waals surface area contributed by atoms with Gasteiger partial charge in [-0.1, -0.05) is 15.9 Å². The molecule has 5 N–H and O–H groups in total. The molecule has 0 radical (unpaired) electrons. The zero-order chi connectivity index (χ0) is 39.4. The number of aliphatic hydroxyl groups excluding tert-OH is 2. The molecule has 0 aromatic carbocycles. The first-order valence-corrected chi connectivity index (χ1v) is 23.3. The Morgan fingerprint density at radius 1 is 0.702 bits per heavy atom. The Labute approximate surface area is 347 Å². The first-order valence-electron chi connectivity index (χ1n) is 22.2. The maximum atomic E-state index is 13.0. The van der Waals surface area contributed by atoms with Crippen molar-refractivity contribution < 1.29 is 19.8 Å². The maximum absolute atomic E-state index is 13.0. The lowest BCUT2D eigenvalue weighted by molar-refractivity contribution is -0.125. The second-order valence-corrected chi connectivity index (χ2v) is 20.2. The van der Waals surface area contributed by atoms with E-state index in [9.17, 15) is 9.59 Å². The molecule has 0 atom stereocenters. The lowest BCUT2D eigenvalue weighted by Crippen LogP contribution is -2.47. The van der Waals surface area contributed by atoms with Crippen LogP contribution in [0.4, 0.5) is 11.6 Å². The highest BCUT2D eigenvalue weighted by Gasteiger charge is 2.52. The summed E-state index contributed by atoms with van der Waals surface area (Å²) in [6.45, 7) is 4.81. The van der Waals surface area contributed by atoms with Gasteiger partial charge < -0.3 is 26.2 Å². The van der Waals surface area contributed by atoms with E-state index in [1.165, 1.54) is 77.0 Å². The van der Waals surface area contributed by atoms with Gasteiger partial charge >= 0.3 is 0 Å². The van der Waals surface area contributed by atoms with Gasteiger partial charge in [0.25, 0.3) is 0 Å². The SMILES string of the molecule is O=C(CC12CC3CC(CC(C3)C1)C2)Nc1ncnc2c1CCN(CCCO)C2.O=C(CC12CC3CC(CC(C3)C1)C2)Nc1ncnc2c1CCNC2.OCCCBr. The van der Waals surface area contributed by atoms with Gasteiger partial charge in [-0.05, 0) is 156 Å². The number of anilines is 2. The summed E-state index contributed by atoms with van der Waals surface area (Å²) < 4.78 is 0. The highest BCUT2D eigenvalue weighted by molar-refractivity contribution is 9.09. The number of carbonyl (C=O) groups is 2. The molecule has 0 saturated heterocycles. The number of hydrogen-bond donors (Lipinski definition) is 5. The molecule has 2 aromatic heterocycles. The van der Waals surface area contributed by atoms with E-state index in [1.807, 2.05) is 0 Å². The van der Waals surface area contributed by atoms with Crippen molar-refractivity contribution in [2.24, 2.45) is 46.3 Å². The fourth-order valence-electron chi connectivity index (χ4n) is 13.5. The molecule has 2 aliphatic heterocycles. The number of alkyl halides is 1. The standard InChI is InChI=1S/C22H32N4O2.C19H26N4O.C3H7BrO/c27-5-1-3-26-4-2-18-19(13-26)23-14-24-21(18)25-20(28)12-22-9-15-6-16(10-22)8-17(7-15)11-22;24-17(23-18-15-1-2-20-10-16(15)21-11-22-18)9-19-6-12-3-13(7-19)5-14(4-12)8-19;4-2-1-3-5/h14-17,27H,1-13H2,(H,23,24,25,28);11-14,20H,1-10H2,(H,21,22,23,24);5H,1-3H2. The van der Waals surface area contributed by atoms with Crippen LogP contribution in [0.25, 0.3) is 0 Å². The summed E-state index contributed by atoms with van der Waals surface area (Å²) in [4.78, 5) is 45.7. The Balaban J connectivity index is 0.000000144. The molecular weight excluding hydrogens is 784 g/mol. The number of halogens is 1. The maximum Gasteiger partial charge on any atom is 0.226 e. The van der Waals surface area contributed by atoms with Crippen molar-refractivity contribution in [3.05, 3.63) is 35.2 Å². The summed E-state index contributed by atoms with van der Waals surface area (Å²) in [6, 6.07) is 0. The molecule has 0 unspecified atom stereocenters. The number of nitrogens with zero attached hydrogens (tertiary/aromatic N) is 5. The molecule has 12 nitrogen and oxygen atoms in total. The van der Waals surface area contributed by atoms with Crippen molar-refractivity contribution >= 4 is 39.4 Å². The normalized spacial score (nSPS) is 32.6. The molecule has 8 saturated carbocycles. The first kappa shape index (κ1) is 41.2. The molecule has 8 aliphatic carbocycles. The number of aliphatic hydroxyl groups is 2. The zero-order valence-corrected chi connectivity index (χ0v) is 35.4. The molecular formula is C44H65BrN8O4. The van der Waals surface area contributed by atoms with E-state index in [2.05, 4.69) is 56.7 Å². The molecule has 312 valence electrons. The third-order valence-corrected chi connectivity index (χ3v) is 15.4. The van der Waals surface area contributed by atoms with Crippen LogP contribution >= 0.6 is 15.9 Å². The van der Waals surface area contributed by atoms with Crippen molar-refractivity contribution in [1.82, 2.24) is 30.2 Å². The molecule has 0 spiro atoms. The largest absolute Gasteiger partial charge is 0.396 e. The lowest BCUT2D eigenvalue weighted by atomic mass is 9.49. The van der Waals surface area contributed by atoms with Crippen LogP contribution in [0.3, 0.4) is 0 Å². The summed E-state index contributed by atoms with van der Waals surface area (Å²) in [5, 5.41) is 27.6. The van der Waals surface area contributed by atoms with Gasteiger partial charge in [-0.15, -0.1) is 0 Å². The first-order chi connectivity index (χ1) is 27.7. The zero-order valence-electron chi connectivity index (χ0n) is 33.8. The summed E-state index contributed by atoms with van der Waals surface area (Å²) in [5.41, 5.74) is 4.81. The lowest BCUT2D eigenvalue weighted by Gasteiger charge is -2.56. The Hall–Kier alpha value is -2.58. The van der Waals surface area contributed by atoms with Gasteiger partial charge in [0.1, 0.15) is 24.3 Å². The summed E-state index contributed by atoms with van der Waals surface area (Å²) in [6.07, 6.45) is 24.0. The average molecular weight is 850 g/mol. The molecule has 8 fully saturated rings. The van der Waals surface area contributed by atoms with Crippen molar-refractivity contribution in [1.29, 1.82) is 0 Å². The number of rotatable bonds is 11. The fourth-order valence-corrected chi connectivity index (χ4v) is 13.8. The Morgan fingerprint density at radius 2 is 1.18 bits per heavy atom. The fraction of sp³-hybridized carbons (Fsp3) is 0.773. The number of hydrogen-bond acceptors (Lipinski definition) is 10. The number of carbonyl (C=O) groups excluding carboxylic acids is 2. The van der Waals surface area contributed by atoms with E-state index in [-0.39, 0.29) is 29.3 Å². The molecule has 2 amide bonds. The predicted molar refractivity (Wildman–Crippen MR) is 223 cm³/mol. The Morgan fingerprint density at radius 3 is 1.63 bits per heavy atom. The molecule has 13 heteroatoms. The van der Waals surface area contributed by atoms with Gasteiger partial charge in [-0.3, -0.25) is 14.5 Å². The van der Waals surface area contributed by atoms with Crippen LogP contribution in [0.2, 0.25) is 0 Å². The van der Waals surface area contributed by atoms with Gasteiger partial charge in [-0.25, -0.2) is 19.9 Å². The van der Waals surface area contributed by atoms with E-state index in [0.29, 0.717) is 19.4 Å². The molecule has 4 heterocycles.